The minimum Gasteiger partial charge on any atom is -0.465 e. The van der Waals surface area contributed by atoms with Crippen LogP contribution < -0.4 is 5.32 Å². The Labute approximate surface area is 98.8 Å². The van der Waals surface area contributed by atoms with Crippen molar-refractivity contribution in [2.75, 3.05) is 14.1 Å². The van der Waals surface area contributed by atoms with Crippen molar-refractivity contribution in [3.05, 3.63) is 35.4 Å². The Hall–Kier alpha value is -2.08. The Kier molecular flexibility index (Phi) is 4.47. The van der Waals surface area contributed by atoms with Crippen molar-refractivity contribution >= 4 is 12.1 Å². The van der Waals surface area contributed by atoms with Gasteiger partial charge in [-0.05, 0) is 17.7 Å². The molecule has 0 aliphatic rings. The molecule has 6 nitrogen and oxygen atoms in total. The van der Waals surface area contributed by atoms with Crippen LogP contribution in [0.1, 0.15) is 15.9 Å². The number of hydrogen-bond donors (Lipinski definition) is 2. The summed E-state index contributed by atoms with van der Waals surface area (Å²) in [6, 6.07) is 6.51. The fourth-order valence-corrected chi connectivity index (χ4v) is 1.15. The molecule has 1 rings (SSSR count). The molecular weight excluding hydrogens is 224 g/mol. The molecule has 0 fully saturated rings. The molecule has 1 aromatic carbocycles. The lowest BCUT2D eigenvalue weighted by Gasteiger charge is -2.10. The third-order valence-corrected chi connectivity index (χ3v) is 1.90. The summed E-state index contributed by atoms with van der Waals surface area (Å²) in [7, 11) is 3.23. The van der Waals surface area contributed by atoms with Crippen LogP contribution in [0.5, 0.6) is 0 Å². The van der Waals surface area contributed by atoms with Crippen LogP contribution in [0.15, 0.2) is 24.3 Å². The van der Waals surface area contributed by atoms with E-state index in [2.05, 4.69) is 5.32 Å². The van der Waals surface area contributed by atoms with E-state index in [-0.39, 0.29) is 6.54 Å². The normalized spacial score (nSPS) is 10.1. The van der Waals surface area contributed by atoms with Crippen LogP contribution in [0.2, 0.25) is 0 Å². The zero-order chi connectivity index (χ0) is 12.8. The van der Waals surface area contributed by atoms with Gasteiger partial charge in [-0.15, -0.1) is 5.06 Å². The standard InChI is InChI=1S/C11H14N2O4/c1-13(2)17-10(14)9-5-3-8(4-6-9)7-12-11(15)16/h3-6,12H,7H2,1-2H3,(H,15,16). The SMILES string of the molecule is CN(C)OC(=O)c1ccc(CNC(=O)O)cc1. The van der Waals surface area contributed by atoms with E-state index in [1.165, 1.54) is 5.06 Å². The highest BCUT2D eigenvalue weighted by atomic mass is 16.7. The number of nitrogens with one attached hydrogen (secondary N) is 1. The highest BCUT2D eigenvalue weighted by molar-refractivity contribution is 5.89. The maximum atomic E-state index is 11.5. The summed E-state index contributed by atoms with van der Waals surface area (Å²) < 4.78 is 0. The number of hydroxylamine groups is 2. The van der Waals surface area contributed by atoms with Crippen molar-refractivity contribution in [2.45, 2.75) is 6.54 Å². The van der Waals surface area contributed by atoms with E-state index in [4.69, 9.17) is 9.94 Å². The van der Waals surface area contributed by atoms with E-state index in [1.807, 2.05) is 0 Å². The fourth-order valence-electron chi connectivity index (χ4n) is 1.15. The topological polar surface area (TPSA) is 78.9 Å². The molecule has 0 unspecified atom stereocenters. The van der Waals surface area contributed by atoms with Crippen molar-refractivity contribution in [2.24, 2.45) is 0 Å². The van der Waals surface area contributed by atoms with Gasteiger partial charge in [0.2, 0.25) is 0 Å². The molecule has 0 radical (unpaired) electrons. The van der Waals surface area contributed by atoms with Crippen LogP contribution >= 0.6 is 0 Å². The van der Waals surface area contributed by atoms with Gasteiger partial charge in [-0.2, -0.15) is 0 Å². The Morgan fingerprint density at radius 3 is 2.35 bits per heavy atom. The zero-order valence-corrected chi connectivity index (χ0v) is 9.64. The molecule has 0 bridgehead atoms. The first-order chi connectivity index (χ1) is 7.99. The van der Waals surface area contributed by atoms with E-state index >= 15 is 0 Å². The average Bonchev–Trinajstić information content (AvgIpc) is 2.26. The molecule has 0 saturated heterocycles. The van der Waals surface area contributed by atoms with Crippen molar-refractivity contribution in [3.8, 4) is 0 Å². The molecule has 92 valence electrons. The molecule has 2 N–H and O–H groups in total. The van der Waals surface area contributed by atoms with E-state index in [1.54, 1.807) is 38.4 Å². The lowest BCUT2D eigenvalue weighted by atomic mass is 10.1. The van der Waals surface area contributed by atoms with Gasteiger partial charge in [0.25, 0.3) is 0 Å². The summed E-state index contributed by atoms with van der Waals surface area (Å²) in [5, 5.41) is 12.0. The summed E-state index contributed by atoms with van der Waals surface area (Å²) in [6.45, 7) is 0.207. The van der Waals surface area contributed by atoms with Crippen LogP contribution in [0.25, 0.3) is 0 Å². The highest BCUT2D eigenvalue weighted by Crippen LogP contribution is 2.06. The van der Waals surface area contributed by atoms with E-state index < -0.39 is 12.1 Å². The predicted molar refractivity (Wildman–Crippen MR) is 60.4 cm³/mol. The molecule has 0 atom stereocenters. The van der Waals surface area contributed by atoms with Crippen LogP contribution in [-0.2, 0) is 11.4 Å². The van der Waals surface area contributed by atoms with E-state index in [9.17, 15) is 9.59 Å². The molecular formula is C11H14N2O4. The minimum absolute atomic E-state index is 0.207. The second kappa shape index (κ2) is 5.86. The van der Waals surface area contributed by atoms with Crippen LogP contribution in [0.4, 0.5) is 4.79 Å². The van der Waals surface area contributed by atoms with Gasteiger partial charge < -0.3 is 15.3 Å². The second-order valence-electron chi connectivity index (χ2n) is 3.55. The Balaban J connectivity index is 2.61. The van der Waals surface area contributed by atoms with Crippen LogP contribution in [-0.4, -0.2) is 36.3 Å². The quantitative estimate of drug-likeness (QED) is 0.767. The van der Waals surface area contributed by atoms with Crippen molar-refractivity contribution < 1.29 is 19.5 Å². The van der Waals surface area contributed by atoms with Crippen LogP contribution in [0.3, 0.4) is 0 Å². The first-order valence-corrected chi connectivity index (χ1v) is 4.94. The molecule has 0 spiro atoms. The third-order valence-electron chi connectivity index (χ3n) is 1.90. The summed E-state index contributed by atoms with van der Waals surface area (Å²) >= 11 is 0. The molecule has 0 heterocycles. The van der Waals surface area contributed by atoms with Gasteiger partial charge in [0, 0.05) is 20.6 Å². The Morgan fingerprint density at radius 2 is 1.88 bits per heavy atom. The number of amides is 1. The van der Waals surface area contributed by atoms with Gasteiger partial charge in [0.1, 0.15) is 0 Å². The second-order valence-corrected chi connectivity index (χ2v) is 3.55. The zero-order valence-electron chi connectivity index (χ0n) is 9.64. The van der Waals surface area contributed by atoms with Crippen molar-refractivity contribution in [3.63, 3.8) is 0 Å². The molecule has 0 aliphatic heterocycles. The molecule has 17 heavy (non-hydrogen) atoms. The lowest BCUT2D eigenvalue weighted by molar-refractivity contribution is -0.0713. The third kappa shape index (κ3) is 4.52. The first kappa shape index (κ1) is 13.0. The maximum absolute atomic E-state index is 11.5. The maximum Gasteiger partial charge on any atom is 0.404 e. The molecule has 6 heteroatoms. The number of carbonyl (C=O) groups is 2. The van der Waals surface area contributed by atoms with Crippen molar-refractivity contribution in [1.82, 2.24) is 10.4 Å². The Bertz CT molecular complexity index is 400. The fraction of sp³-hybridized carbons (Fsp3) is 0.273. The number of nitrogens with zero attached hydrogens (tertiary/aromatic N) is 1. The summed E-state index contributed by atoms with van der Waals surface area (Å²) in [5.74, 6) is -0.451. The van der Waals surface area contributed by atoms with Crippen LogP contribution in [0, 0.1) is 0 Å². The van der Waals surface area contributed by atoms with Gasteiger partial charge in [0.05, 0.1) is 5.56 Å². The molecule has 0 saturated carbocycles. The summed E-state index contributed by atoms with van der Waals surface area (Å²) in [5.41, 5.74) is 1.19. The van der Waals surface area contributed by atoms with Gasteiger partial charge in [0.15, 0.2) is 0 Å². The largest absolute Gasteiger partial charge is 0.465 e. The average molecular weight is 238 g/mol. The molecule has 0 aliphatic carbocycles. The Morgan fingerprint density at radius 1 is 1.29 bits per heavy atom. The predicted octanol–water partition coefficient (Wildman–Crippen LogP) is 1.09. The number of carboxylic acid groups (broad SMARTS) is 1. The highest BCUT2D eigenvalue weighted by Gasteiger charge is 2.08. The number of benzene rings is 1. The molecule has 1 aromatic rings. The molecule has 1 amide bonds. The minimum atomic E-state index is -1.08. The van der Waals surface area contributed by atoms with Gasteiger partial charge in [-0.3, -0.25) is 0 Å². The van der Waals surface area contributed by atoms with Gasteiger partial charge >= 0.3 is 12.1 Å². The number of hydrogen-bond acceptors (Lipinski definition) is 4. The van der Waals surface area contributed by atoms with Gasteiger partial charge in [-0.25, -0.2) is 9.59 Å². The van der Waals surface area contributed by atoms with E-state index in [0.717, 1.165) is 5.56 Å². The number of rotatable bonds is 4. The molecule has 0 aromatic heterocycles. The monoisotopic (exact) mass is 238 g/mol. The van der Waals surface area contributed by atoms with Crippen molar-refractivity contribution in [1.29, 1.82) is 0 Å². The summed E-state index contributed by atoms with van der Waals surface area (Å²) in [6.07, 6.45) is -1.08. The van der Waals surface area contributed by atoms with E-state index in [0.29, 0.717) is 5.56 Å². The lowest BCUT2D eigenvalue weighted by Crippen LogP contribution is -2.20. The summed E-state index contributed by atoms with van der Waals surface area (Å²) in [4.78, 5) is 26.6. The van der Waals surface area contributed by atoms with Gasteiger partial charge in [-0.1, -0.05) is 12.1 Å². The smallest absolute Gasteiger partial charge is 0.404 e. The number of carbonyl (C=O) groups excluding carboxylic acids is 1. The first-order valence-electron chi connectivity index (χ1n) is 4.94.